The molecule has 0 spiro atoms. The van der Waals surface area contributed by atoms with E-state index in [4.69, 9.17) is 0 Å². The molecule has 6 nitrogen and oxygen atoms in total. The Labute approximate surface area is 148 Å². The van der Waals surface area contributed by atoms with Crippen molar-refractivity contribution in [2.45, 2.75) is 26.2 Å². The standard InChI is InChI=1S/C19H24N4O2/c1-3-5-14(8-11-20-2)18(24)16-6-4-7-17(22-16)23-19(25)15-9-12-21-13-10-15/h4,6-7,9-10,12-14,20H,3,5,8,11H2,1-2H3,(H,22,23,25)/t14-/m0/s1. The van der Waals surface area contributed by atoms with Crippen molar-refractivity contribution < 1.29 is 9.59 Å². The summed E-state index contributed by atoms with van der Waals surface area (Å²) in [7, 11) is 1.88. The second-order valence-electron chi connectivity index (χ2n) is 5.84. The van der Waals surface area contributed by atoms with E-state index in [1.807, 2.05) is 7.05 Å². The molecule has 0 aliphatic rings. The van der Waals surface area contributed by atoms with Gasteiger partial charge in [-0.3, -0.25) is 14.6 Å². The molecule has 2 heterocycles. The quantitative estimate of drug-likeness (QED) is 0.686. The summed E-state index contributed by atoms with van der Waals surface area (Å²) in [5, 5.41) is 5.81. The molecule has 0 aromatic carbocycles. The second-order valence-corrected chi connectivity index (χ2v) is 5.84. The summed E-state index contributed by atoms with van der Waals surface area (Å²) in [4.78, 5) is 33.2. The van der Waals surface area contributed by atoms with Gasteiger partial charge in [0.15, 0.2) is 5.78 Å². The Morgan fingerprint density at radius 2 is 1.88 bits per heavy atom. The zero-order valence-electron chi connectivity index (χ0n) is 14.7. The minimum absolute atomic E-state index is 0.0251. The zero-order chi connectivity index (χ0) is 18.1. The van der Waals surface area contributed by atoms with Gasteiger partial charge in [-0.15, -0.1) is 0 Å². The number of hydrogen-bond donors (Lipinski definition) is 2. The van der Waals surface area contributed by atoms with Crippen molar-refractivity contribution in [1.82, 2.24) is 15.3 Å². The molecule has 0 aliphatic heterocycles. The number of nitrogens with one attached hydrogen (secondary N) is 2. The summed E-state index contributed by atoms with van der Waals surface area (Å²) in [6.45, 7) is 2.85. The minimum Gasteiger partial charge on any atom is -0.320 e. The first kappa shape index (κ1) is 18.7. The number of hydrogen-bond acceptors (Lipinski definition) is 5. The summed E-state index contributed by atoms with van der Waals surface area (Å²) in [5.41, 5.74) is 0.883. The number of rotatable bonds is 9. The van der Waals surface area contributed by atoms with Gasteiger partial charge in [-0.1, -0.05) is 19.4 Å². The van der Waals surface area contributed by atoms with E-state index in [1.54, 1.807) is 42.7 Å². The van der Waals surface area contributed by atoms with Crippen molar-refractivity contribution in [1.29, 1.82) is 0 Å². The van der Waals surface area contributed by atoms with Crippen LogP contribution in [0.1, 0.15) is 47.0 Å². The molecular formula is C19H24N4O2. The van der Waals surface area contributed by atoms with Crippen molar-refractivity contribution in [3.05, 3.63) is 54.0 Å². The van der Waals surface area contributed by atoms with Gasteiger partial charge >= 0.3 is 0 Å². The van der Waals surface area contributed by atoms with Crippen molar-refractivity contribution in [3.63, 3.8) is 0 Å². The van der Waals surface area contributed by atoms with Crippen molar-refractivity contribution in [3.8, 4) is 0 Å². The molecule has 2 aromatic rings. The lowest BCUT2D eigenvalue weighted by Gasteiger charge is -2.15. The SMILES string of the molecule is CCC[C@@H](CCNC)C(=O)c1cccc(NC(=O)c2ccncc2)n1. The predicted molar refractivity (Wildman–Crippen MR) is 97.7 cm³/mol. The van der Waals surface area contributed by atoms with Crippen LogP contribution in [-0.4, -0.2) is 35.3 Å². The molecule has 0 bridgehead atoms. The van der Waals surface area contributed by atoms with Crippen LogP contribution in [0.2, 0.25) is 0 Å². The van der Waals surface area contributed by atoms with Gasteiger partial charge in [-0.2, -0.15) is 0 Å². The summed E-state index contributed by atoms with van der Waals surface area (Å²) in [6.07, 6.45) is 5.66. The molecule has 0 aliphatic carbocycles. The third-order valence-corrected chi connectivity index (χ3v) is 3.94. The van der Waals surface area contributed by atoms with E-state index in [9.17, 15) is 9.59 Å². The summed E-state index contributed by atoms with van der Waals surface area (Å²) in [5.74, 6) is 0.0597. The van der Waals surface area contributed by atoms with E-state index in [-0.39, 0.29) is 17.6 Å². The molecule has 1 atom stereocenters. The average Bonchev–Trinajstić information content (AvgIpc) is 2.65. The van der Waals surface area contributed by atoms with Crippen LogP contribution in [0, 0.1) is 5.92 Å². The lowest BCUT2D eigenvalue weighted by molar-refractivity contribution is 0.0900. The Bertz CT molecular complexity index is 704. The molecule has 132 valence electrons. The van der Waals surface area contributed by atoms with Gasteiger partial charge in [-0.25, -0.2) is 4.98 Å². The fourth-order valence-corrected chi connectivity index (χ4v) is 2.62. The summed E-state index contributed by atoms with van der Waals surface area (Å²) < 4.78 is 0. The first-order valence-electron chi connectivity index (χ1n) is 8.53. The topological polar surface area (TPSA) is 84.0 Å². The Hall–Kier alpha value is -2.60. The fraction of sp³-hybridized carbons (Fsp3) is 0.368. The Morgan fingerprint density at radius 3 is 2.56 bits per heavy atom. The lowest BCUT2D eigenvalue weighted by Crippen LogP contribution is -2.22. The van der Waals surface area contributed by atoms with E-state index < -0.39 is 0 Å². The van der Waals surface area contributed by atoms with Gasteiger partial charge in [0.05, 0.1) is 0 Å². The maximum absolute atomic E-state index is 12.7. The second kappa shape index (κ2) is 9.64. The van der Waals surface area contributed by atoms with Crippen LogP contribution in [-0.2, 0) is 0 Å². The molecule has 2 rings (SSSR count). The van der Waals surface area contributed by atoms with Crippen LogP contribution in [0.3, 0.4) is 0 Å². The van der Waals surface area contributed by atoms with Crippen LogP contribution in [0.4, 0.5) is 5.82 Å². The number of Topliss-reactive ketones (excluding diaryl/α,β-unsaturated/α-hetero) is 1. The molecule has 0 unspecified atom stereocenters. The first-order chi connectivity index (χ1) is 12.2. The van der Waals surface area contributed by atoms with Crippen LogP contribution < -0.4 is 10.6 Å². The van der Waals surface area contributed by atoms with Gasteiger partial charge in [-0.05, 0) is 50.7 Å². The number of carbonyl (C=O) groups is 2. The molecule has 2 N–H and O–H groups in total. The highest BCUT2D eigenvalue weighted by atomic mass is 16.1. The number of pyridine rings is 2. The van der Waals surface area contributed by atoms with Crippen LogP contribution in [0.25, 0.3) is 0 Å². The third kappa shape index (κ3) is 5.46. The van der Waals surface area contributed by atoms with Crippen LogP contribution >= 0.6 is 0 Å². The molecule has 1 amide bonds. The lowest BCUT2D eigenvalue weighted by atomic mass is 9.93. The van der Waals surface area contributed by atoms with Crippen LogP contribution in [0.5, 0.6) is 0 Å². The Kier molecular flexibility index (Phi) is 7.22. The maximum atomic E-state index is 12.7. The number of nitrogens with zero attached hydrogens (tertiary/aromatic N) is 2. The smallest absolute Gasteiger partial charge is 0.256 e. The molecule has 25 heavy (non-hydrogen) atoms. The van der Waals surface area contributed by atoms with Gasteiger partial charge in [0, 0.05) is 23.9 Å². The maximum Gasteiger partial charge on any atom is 0.256 e. The number of carbonyl (C=O) groups excluding carboxylic acids is 2. The van der Waals surface area contributed by atoms with E-state index in [0.717, 1.165) is 25.8 Å². The monoisotopic (exact) mass is 340 g/mol. The number of amides is 1. The van der Waals surface area contributed by atoms with Crippen LogP contribution in [0.15, 0.2) is 42.7 Å². The normalized spacial score (nSPS) is 11.8. The third-order valence-electron chi connectivity index (χ3n) is 3.94. The molecule has 0 radical (unpaired) electrons. The molecule has 6 heteroatoms. The van der Waals surface area contributed by atoms with Gasteiger partial charge in [0.25, 0.3) is 5.91 Å². The molecule has 0 saturated carbocycles. The highest BCUT2D eigenvalue weighted by Gasteiger charge is 2.20. The van der Waals surface area contributed by atoms with E-state index >= 15 is 0 Å². The van der Waals surface area contributed by atoms with E-state index in [1.165, 1.54) is 0 Å². The molecular weight excluding hydrogens is 316 g/mol. The van der Waals surface area contributed by atoms with Gasteiger partial charge in [0.1, 0.15) is 11.5 Å². The molecule has 0 saturated heterocycles. The number of anilines is 1. The minimum atomic E-state index is -0.278. The fourth-order valence-electron chi connectivity index (χ4n) is 2.62. The molecule has 0 fully saturated rings. The van der Waals surface area contributed by atoms with Crippen molar-refractivity contribution in [2.24, 2.45) is 5.92 Å². The van der Waals surface area contributed by atoms with Gasteiger partial charge in [0.2, 0.25) is 0 Å². The Morgan fingerprint density at radius 1 is 1.12 bits per heavy atom. The predicted octanol–water partition coefficient (Wildman–Crippen LogP) is 2.94. The van der Waals surface area contributed by atoms with Crippen molar-refractivity contribution in [2.75, 3.05) is 18.9 Å². The van der Waals surface area contributed by atoms with E-state index in [0.29, 0.717) is 17.1 Å². The largest absolute Gasteiger partial charge is 0.320 e. The zero-order valence-corrected chi connectivity index (χ0v) is 14.7. The summed E-state index contributed by atoms with van der Waals surface area (Å²) in [6, 6.07) is 8.37. The highest BCUT2D eigenvalue weighted by Crippen LogP contribution is 2.18. The van der Waals surface area contributed by atoms with E-state index in [2.05, 4.69) is 27.5 Å². The van der Waals surface area contributed by atoms with Gasteiger partial charge < -0.3 is 10.6 Å². The number of ketones is 1. The summed E-state index contributed by atoms with van der Waals surface area (Å²) >= 11 is 0. The first-order valence-corrected chi connectivity index (χ1v) is 8.53. The Balaban J connectivity index is 2.11. The number of aromatic nitrogens is 2. The highest BCUT2D eigenvalue weighted by molar-refractivity contribution is 6.04. The average molecular weight is 340 g/mol. The van der Waals surface area contributed by atoms with Crippen molar-refractivity contribution >= 4 is 17.5 Å². The molecule has 2 aromatic heterocycles.